The third-order valence-corrected chi connectivity index (χ3v) is 11.5. The highest BCUT2D eigenvalue weighted by atomic mass is 16.5. The number of hydrogen-bond acceptors (Lipinski definition) is 17. The van der Waals surface area contributed by atoms with E-state index in [1.54, 1.807) is 0 Å². The zero-order chi connectivity index (χ0) is 46.1. The molecule has 16 N–H and O–H groups in total. The van der Waals surface area contributed by atoms with Gasteiger partial charge in [-0.05, 0) is 247 Å². The first kappa shape index (κ1) is 62.3. The van der Waals surface area contributed by atoms with Gasteiger partial charge in [-0.2, -0.15) is 0 Å². The predicted molar refractivity (Wildman–Crippen MR) is 268 cm³/mol. The van der Waals surface area contributed by atoms with E-state index in [4.69, 9.17) is 60.1 Å². The standard InChI is InChI=1S/C46H108N14O3/c47-15-1-23-55(24-2-16-48)31-9-35-59(36-10-32-56(25-3-17-49)26-4-18-50)39-13-41-61-43-45-63-46-44-62-42-14-40-60(37-11-33-57(27-5-19-51)28-6-20-52)38-12-34-58(29-7-21-53)30-8-22-54/h1-54H2. The minimum Gasteiger partial charge on any atom is -0.379 e. The number of nitrogens with two attached hydrogens (primary N) is 8. The summed E-state index contributed by atoms with van der Waals surface area (Å²) >= 11 is 0. The van der Waals surface area contributed by atoms with Gasteiger partial charge in [0.15, 0.2) is 0 Å². The first-order chi connectivity index (χ1) is 31.0. The molecule has 0 heterocycles. The summed E-state index contributed by atoms with van der Waals surface area (Å²) in [6, 6.07) is 0. The lowest BCUT2D eigenvalue weighted by molar-refractivity contribution is 0.0115. The molecule has 0 bridgehead atoms. The molecule has 17 nitrogen and oxygen atoms in total. The normalized spacial score (nSPS) is 12.3. The van der Waals surface area contributed by atoms with Crippen LogP contribution in [0.5, 0.6) is 0 Å². The summed E-state index contributed by atoms with van der Waals surface area (Å²) in [5.41, 5.74) is 46.6. The highest BCUT2D eigenvalue weighted by Gasteiger charge is 2.12. The quantitative estimate of drug-likeness (QED) is 0.0374. The van der Waals surface area contributed by atoms with Crippen molar-refractivity contribution >= 4 is 0 Å². The monoisotopic (exact) mass is 905 g/mol. The smallest absolute Gasteiger partial charge is 0.0701 e. The summed E-state index contributed by atoms with van der Waals surface area (Å²) in [6.45, 7) is 28.9. The van der Waals surface area contributed by atoms with Crippen LogP contribution in [0.3, 0.4) is 0 Å². The lowest BCUT2D eigenvalue weighted by Crippen LogP contribution is -2.35. The van der Waals surface area contributed by atoms with Gasteiger partial charge in [-0.3, -0.25) is 0 Å². The molecule has 63 heavy (non-hydrogen) atoms. The van der Waals surface area contributed by atoms with Crippen molar-refractivity contribution in [3.63, 3.8) is 0 Å². The third kappa shape index (κ3) is 42.4. The van der Waals surface area contributed by atoms with Crippen molar-refractivity contribution in [1.82, 2.24) is 29.4 Å². The van der Waals surface area contributed by atoms with Gasteiger partial charge in [0, 0.05) is 26.3 Å². The molecule has 380 valence electrons. The van der Waals surface area contributed by atoms with Crippen molar-refractivity contribution in [2.75, 3.05) is 210 Å². The molecular weight excluding hydrogens is 797 g/mol. The highest BCUT2D eigenvalue weighted by molar-refractivity contribution is 4.69. The van der Waals surface area contributed by atoms with Crippen LogP contribution in [0, 0.1) is 0 Å². The maximum absolute atomic E-state index is 6.00. The van der Waals surface area contributed by atoms with E-state index in [1.807, 2.05) is 0 Å². The van der Waals surface area contributed by atoms with Gasteiger partial charge in [0.1, 0.15) is 0 Å². The van der Waals surface area contributed by atoms with Gasteiger partial charge in [-0.1, -0.05) is 0 Å². The molecule has 0 radical (unpaired) electrons. The summed E-state index contributed by atoms with van der Waals surface area (Å²) in [5.74, 6) is 0. The summed E-state index contributed by atoms with van der Waals surface area (Å²) in [7, 11) is 0. The molecule has 0 atom stereocenters. The first-order valence-corrected chi connectivity index (χ1v) is 25.7. The summed E-state index contributed by atoms with van der Waals surface area (Å²) in [5, 5.41) is 0. The molecule has 0 aliphatic rings. The Bertz CT molecular complexity index is 727. The molecule has 0 saturated carbocycles. The highest BCUT2D eigenvalue weighted by Crippen LogP contribution is 2.06. The molecule has 0 fully saturated rings. The van der Waals surface area contributed by atoms with Crippen molar-refractivity contribution in [2.45, 2.75) is 89.9 Å². The SMILES string of the molecule is NCCCN(CCCN)CCCN(CCCOCCOCCOCCCN(CCCN(CCCN)CCCN)CCCN(CCCN)CCCN)CCCN(CCCN)CCCN. The van der Waals surface area contributed by atoms with Crippen molar-refractivity contribution in [1.29, 1.82) is 0 Å². The van der Waals surface area contributed by atoms with Crippen LogP contribution in [0.15, 0.2) is 0 Å². The fourth-order valence-electron chi connectivity index (χ4n) is 7.93. The van der Waals surface area contributed by atoms with E-state index in [1.165, 1.54) is 0 Å². The summed E-state index contributed by atoms with van der Waals surface area (Å²) in [6.07, 6.45) is 14.8. The zero-order valence-electron chi connectivity index (χ0n) is 41.1. The Morgan fingerprint density at radius 3 is 0.492 bits per heavy atom. The average Bonchev–Trinajstić information content (AvgIpc) is 3.29. The van der Waals surface area contributed by atoms with Gasteiger partial charge in [0.05, 0.1) is 26.4 Å². The molecule has 0 aliphatic heterocycles. The van der Waals surface area contributed by atoms with E-state index in [-0.39, 0.29) is 0 Å². The van der Waals surface area contributed by atoms with E-state index in [0.717, 1.165) is 273 Å². The molecule has 0 saturated heterocycles. The maximum atomic E-state index is 6.00. The second-order valence-corrected chi connectivity index (χ2v) is 17.1. The molecule has 17 heteroatoms. The minimum absolute atomic E-state index is 0.588. The van der Waals surface area contributed by atoms with Gasteiger partial charge < -0.3 is 89.5 Å². The third-order valence-electron chi connectivity index (χ3n) is 11.5. The topological polar surface area (TPSA) is 255 Å². The number of rotatable bonds is 54. The van der Waals surface area contributed by atoms with E-state index < -0.39 is 0 Å². The Balaban J connectivity index is 4.67. The van der Waals surface area contributed by atoms with Crippen molar-refractivity contribution in [3.05, 3.63) is 0 Å². The first-order valence-electron chi connectivity index (χ1n) is 25.7. The van der Waals surface area contributed by atoms with Gasteiger partial charge >= 0.3 is 0 Å². The van der Waals surface area contributed by atoms with E-state index in [0.29, 0.717) is 26.4 Å². The Kier molecular flexibility index (Phi) is 50.2. The van der Waals surface area contributed by atoms with Crippen LogP contribution in [0.1, 0.15) is 89.9 Å². The predicted octanol–water partition coefficient (Wildman–Crippen LogP) is -0.0208. The van der Waals surface area contributed by atoms with Gasteiger partial charge in [-0.15, -0.1) is 0 Å². The Morgan fingerprint density at radius 1 is 0.175 bits per heavy atom. The molecule has 0 unspecified atom stereocenters. The second kappa shape index (κ2) is 50.7. The molecule has 0 aromatic rings. The van der Waals surface area contributed by atoms with Gasteiger partial charge in [0.2, 0.25) is 0 Å². The van der Waals surface area contributed by atoms with Crippen LogP contribution in [0.4, 0.5) is 0 Å². The molecular formula is C46H108N14O3. The van der Waals surface area contributed by atoms with Crippen molar-refractivity contribution in [3.8, 4) is 0 Å². The van der Waals surface area contributed by atoms with Crippen LogP contribution in [0.25, 0.3) is 0 Å². The summed E-state index contributed by atoms with van der Waals surface area (Å²) in [4.78, 5) is 15.4. The Hall–Kier alpha value is -0.680. The minimum atomic E-state index is 0.588. The zero-order valence-corrected chi connectivity index (χ0v) is 41.1. The maximum Gasteiger partial charge on any atom is 0.0701 e. The number of ether oxygens (including phenoxy) is 3. The van der Waals surface area contributed by atoms with Crippen LogP contribution < -0.4 is 45.9 Å². The molecule has 0 aromatic carbocycles. The van der Waals surface area contributed by atoms with E-state index >= 15 is 0 Å². The lowest BCUT2D eigenvalue weighted by atomic mass is 10.2. The van der Waals surface area contributed by atoms with Crippen molar-refractivity contribution < 1.29 is 14.2 Å². The molecule has 0 aromatic heterocycles. The molecule has 0 amide bonds. The van der Waals surface area contributed by atoms with Crippen LogP contribution in [0.2, 0.25) is 0 Å². The second-order valence-electron chi connectivity index (χ2n) is 17.1. The molecule has 0 rings (SSSR count). The summed E-state index contributed by atoms with van der Waals surface area (Å²) < 4.78 is 17.9. The molecule has 0 spiro atoms. The number of hydrogen-bond donors (Lipinski definition) is 8. The van der Waals surface area contributed by atoms with Crippen LogP contribution >= 0.6 is 0 Å². The molecule has 0 aliphatic carbocycles. The average molecular weight is 905 g/mol. The van der Waals surface area contributed by atoms with Crippen molar-refractivity contribution in [2.24, 2.45) is 45.9 Å². The number of nitrogens with zero attached hydrogens (tertiary/aromatic N) is 6. The van der Waals surface area contributed by atoms with Gasteiger partial charge in [0.25, 0.3) is 0 Å². The van der Waals surface area contributed by atoms with Crippen LogP contribution in [-0.2, 0) is 14.2 Å². The fourth-order valence-corrected chi connectivity index (χ4v) is 7.93. The van der Waals surface area contributed by atoms with E-state index in [2.05, 4.69) is 29.4 Å². The Morgan fingerprint density at radius 2 is 0.317 bits per heavy atom. The lowest BCUT2D eigenvalue weighted by Gasteiger charge is -2.27. The largest absolute Gasteiger partial charge is 0.379 e. The van der Waals surface area contributed by atoms with Crippen LogP contribution in [-0.4, -0.2) is 239 Å². The van der Waals surface area contributed by atoms with Gasteiger partial charge in [-0.25, -0.2) is 0 Å². The fraction of sp³-hybridized carbons (Fsp3) is 1.00. The Labute approximate surface area is 388 Å². The van der Waals surface area contributed by atoms with E-state index in [9.17, 15) is 0 Å².